The fourth-order valence-corrected chi connectivity index (χ4v) is 5.73. The minimum Gasteiger partial charge on any atom is -0.350 e. The van der Waals surface area contributed by atoms with E-state index in [1.54, 1.807) is 12.5 Å². The Kier molecular flexibility index (Phi) is 7.11. The van der Waals surface area contributed by atoms with Crippen molar-refractivity contribution in [3.63, 3.8) is 0 Å². The van der Waals surface area contributed by atoms with E-state index in [9.17, 15) is 0 Å². The smallest absolute Gasteiger partial charge is 0.201 e. The van der Waals surface area contributed by atoms with Crippen LogP contribution in [0.4, 0.5) is 5.82 Å². The number of hydrogen-bond donors (Lipinski definition) is 1. The lowest BCUT2D eigenvalue weighted by Crippen LogP contribution is -2.61. The molecule has 2 atom stereocenters. The van der Waals surface area contributed by atoms with E-state index in [-0.39, 0.29) is 0 Å². The molecular weight excluding hydrogens is 436 g/mol. The largest absolute Gasteiger partial charge is 0.350 e. The Morgan fingerprint density at radius 2 is 1.80 bits per heavy atom. The number of aromatic nitrogens is 5. The van der Waals surface area contributed by atoms with Gasteiger partial charge in [-0.15, -0.1) is 0 Å². The zero-order valence-corrected chi connectivity index (χ0v) is 21.5. The van der Waals surface area contributed by atoms with Crippen molar-refractivity contribution in [2.24, 2.45) is 0 Å². The maximum Gasteiger partial charge on any atom is 0.201 e. The van der Waals surface area contributed by atoms with Crippen LogP contribution in [0, 0.1) is 13.8 Å². The van der Waals surface area contributed by atoms with Crippen molar-refractivity contribution >= 4 is 5.82 Å². The molecule has 1 N–H and O–H groups in total. The summed E-state index contributed by atoms with van der Waals surface area (Å²) in [6.45, 7) is 14.3. The second kappa shape index (κ2) is 10.4. The molecule has 4 heterocycles. The summed E-state index contributed by atoms with van der Waals surface area (Å²) in [5, 5.41) is 6.89. The maximum atomic E-state index is 4.81. The summed E-state index contributed by atoms with van der Waals surface area (Å²) >= 11 is 0. The van der Waals surface area contributed by atoms with Crippen molar-refractivity contribution < 1.29 is 0 Å². The molecule has 8 heteroatoms. The molecule has 1 aromatic carbocycles. The molecule has 2 aliphatic rings. The molecule has 0 radical (unpaired) electrons. The zero-order chi connectivity index (χ0) is 24.4. The Balaban J connectivity index is 1.22. The lowest BCUT2D eigenvalue weighted by atomic mass is 9.96. The molecule has 0 bridgehead atoms. The summed E-state index contributed by atoms with van der Waals surface area (Å²) in [5.74, 6) is 1.58. The van der Waals surface area contributed by atoms with Crippen molar-refractivity contribution in [3.8, 4) is 11.5 Å². The number of piperazine rings is 1. The SMILES string of the molecule is CC[C@H]1CN(c2ncc(-c3nc[nH]n3)nc2C)C(C)CN1C1CCN(Cc2ccc(C)cc2)CC1. The number of aromatic amines is 1. The van der Waals surface area contributed by atoms with Gasteiger partial charge in [0.2, 0.25) is 5.82 Å². The van der Waals surface area contributed by atoms with Crippen molar-refractivity contribution in [3.05, 3.63) is 53.6 Å². The van der Waals surface area contributed by atoms with Gasteiger partial charge in [0, 0.05) is 37.8 Å². The number of nitrogens with one attached hydrogen (secondary N) is 1. The third-order valence-electron chi connectivity index (χ3n) is 7.74. The van der Waals surface area contributed by atoms with Crippen LogP contribution in [0.5, 0.6) is 0 Å². The predicted octanol–water partition coefficient (Wildman–Crippen LogP) is 3.83. The number of rotatable bonds is 6. The van der Waals surface area contributed by atoms with Gasteiger partial charge in [0.1, 0.15) is 17.8 Å². The quantitative estimate of drug-likeness (QED) is 0.582. The fraction of sp³-hybridized carbons (Fsp3) is 0.556. The molecular formula is C27H38N8. The van der Waals surface area contributed by atoms with Gasteiger partial charge in [-0.3, -0.25) is 14.9 Å². The predicted molar refractivity (Wildman–Crippen MR) is 139 cm³/mol. The van der Waals surface area contributed by atoms with Crippen LogP contribution in [0.2, 0.25) is 0 Å². The van der Waals surface area contributed by atoms with Gasteiger partial charge in [0.15, 0.2) is 0 Å². The molecule has 2 fully saturated rings. The summed E-state index contributed by atoms with van der Waals surface area (Å²) in [6, 6.07) is 10.6. The normalized spacial score (nSPS) is 22.6. The standard InChI is InChI=1S/C27H38N8/c1-5-23-17-34(27-21(4)31-25(14-28-27)26-29-18-30-32-26)20(3)15-35(23)24-10-12-33(13-11-24)16-22-8-6-19(2)7-9-22/h6-9,14,18,20,23-24H,5,10-13,15-17H2,1-4H3,(H,29,30,32)/t20?,23-/m0/s1. The number of piperidine rings is 1. The van der Waals surface area contributed by atoms with Crippen LogP contribution < -0.4 is 4.90 Å². The first-order chi connectivity index (χ1) is 17.0. The van der Waals surface area contributed by atoms with Crippen LogP contribution in [0.15, 0.2) is 36.8 Å². The van der Waals surface area contributed by atoms with E-state index in [2.05, 4.69) is 74.9 Å². The topological polar surface area (TPSA) is 77.1 Å². The number of aryl methyl sites for hydroxylation is 2. The summed E-state index contributed by atoms with van der Waals surface area (Å²) in [6.07, 6.45) is 7.02. The Morgan fingerprint density at radius 1 is 1.03 bits per heavy atom. The van der Waals surface area contributed by atoms with Crippen LogP contribution >= 0.6 is 0 Å². The first-order valence-electron chi connectivity index (χ1n) is 13.0. The molecule has 0 aliphatic carbocycles. The Bertz CT molecular complexity index is 1090. The first kappa shape index (κ1) is 23.9. The molecule has 2 aromatic heterocycles. The molecule has 0 spiro atoms. The van der Waals surface area contributed by atoms with Gasteiger partial charge in [-0.25, -0.2) is 15.0 Å². The molecule has 186 valence electrons. The van der Waals surface area contributed by atoms with E-state index >= 15 is 0 Å². The number of anilines is 1. The fourth-order valence-electron chi connectivity index (χ4n) is 5.73. The molecule has 8 nitrogen and oxygen atoms in total. The third-order valence-corrected chi connectivity index (χ3v) is 7.74. The van der Waals surface area contributed by atoms with E-state index in [0.717, 1.165) is 37.6 Å². The molecule has 2 saturated heterocycles. The minimum atomic E-state index is 0.394. The molecule has 5 rings (SSSR count). The number of benzene rings is 1. The van der Waals surface area contributed by atoms with Crippen LogP contribution in [-0.2, 0) is 6.54 Å². The summed E-state index contributed by atoms with van der Waals surface area (Å²) in [5.41, 5.74) is 4.40. The van der Waals surface area contributed by atoms with Crippen LogP contribution in [-0.4, -0.2) is 79.3 Å². The highest BCUT2D eigenvalue weighted by molar-refractivity contribution is 5.53. The number of H-pyrrole nitrogens is 1. The molecule has 2 aliphatic heterocycles. The van der Waals surface area contributed by atoms with E-state index < -0.39 is 0 Å². The lowest BCUT2D eigenvalue weighted by Gasteiger charge is -2.50. The molecule has 1 unspecified atom stereocenters. The van der Waals surface area contributed by atoms with Gasteiger partial charge in [-0.1, -0.05) is 36.8 Å². The van der Waals surface area contributed by atoms with Gasteiger partial charge in [-0.05, 0) is 58.7 Å². The zero-order valence-electron chi connectivity index (χ0n) is 21.5. The van der Waals surface area contributed by atoms with E-state index in [4.69, 9.17) is 9.97 Å². The van der Waals surface area contributed by atoms with Crippen molar-refractivity contribution in [1.29, 1.82) is 0 Å². The van der Waals surface area contributed by atoms with Crippen molar-refractivity contribution in [2.45, 2.75) is 71.6 Å². The van der Waals surface area contributed by atoms with Gasteiger partial charge in [0.25, 0.3) is 0 Å². The van der Waals surface area contributed by atoms with Crippen molar-refractivity contribution in [1.82, 2.24) is 34.9 Å². The molecule has 3 aromatic rings. The van der Waals surface area contributed by atoms with Gasteiger partial charge >= 0.3 is 0 Å². The monoisotopic (exact) mass is 474 g/mol. The van der Waals surface area contributed by atoms with Gasteiger partial charge in [0.05, 0.1) is 11.9 Å². The highest BCUT2D eigenvalue weighted by Crippen LogP contribution is 2.30. The second-order valence-corrected chi connectivity index (χ2v) is 10.2. The Labute approximate surface area is 208 Å². The maximum absolute atomic E-state index is 4.81. The highest BCUT2D eigenvalue weighted by atomic mass is 15.3. The first-order valence-corrected chi connectivity index (χ1v) is 13.0. The lowest BCUT2D eigenvalue weighted by molar-refractivity contribution is 0.0505. The average Bonchev–Trinajstić information content (AvgIpc) is 3.41. The molecule has 35 heavy (non-hydrogen) atoms. The minimum absolute atomic E-state index is 0.394. The van der Waals surface area contributed by atoms with Crippen molar-refractivity contribution in [2.75, 3.05) is 31.1 Å². The molecule has 0 saturated carbocycles. The second-order valence-electron chi connectivity index (χ2n) is 10.2. The number of nitrogens with zero attached hydrogens (tertiary/aromatic N) is 7. The number of likely N-dealkylation sites (tertiary alicyclic amines) is 1. The van der Waals surface area contributed by atoms with E-state index in [0.29, 0.717) is 29.6 Å². The Hall–Kier alpha value is -2.84. The van der Waals surface area contributed by atoms with Crippen LogP contribution in [0.25, 0.3) is 11.5 Å². The van der Waals surface area contributed by atoms with Gasteiger partial charge in [-0.2, -0.15) is 5.10 Å². The van der Waals surface area contributed by atoms with E-state index in [1.165, 1.54) is 37.1 Å². The molecule has 0 amide bonds. The highest BCUT2D eigenvalue weighted by Gasteiger charge is 2.37. The average molecular weight is 475 g/mol. The summed E-state index contributed by atoms with van der Waals surface area (Å²) < 4.78 is 0. The van der Waals surface area contributed by atoms with E-state index in [1.807, 2.05) is 6.92 Å². The van der Waals surface area contributed by atoms with Crippen LogP contribution in [0.3, 0.4) is 0 Å². The Morgan fingerprint density at radius 3 is 2.46 bits per heavy atom. The summed E-state index contributed by atoms with van der Waals surface area (Å²) in [4.78, 5) is 21.7. The van der Waals surface area contributed by atoms with Crippen LogP contribution in [0.1, 0.15) is 49.9 Å². The summed E-state index contributed by atoms with van der Waals surface area (Å²) in [7, 11) is 0. The number of hydrogen-bond acceptors (Lipinski definition) is 7. The third kappa shape index (κ3) is 5.23. The van der Waals surface area contributed by atoms with Gasteiger partial charge < -0.3 is 4.90 Å².